The second kappa shape index (κ2) is 8.02. The third-order valence-electron chi connectivity index (χ3n) is 4.35. The lowest BCUT2D eigenvalue weighted by Crippen LogP contribution is -2.66. The number of nitrogens with zero attached hydrogens (tertiary/aromatic N) is 2. The third-order valence-corrected chi connectivity index (χ3v) is 5.36. The summed E-state index contributed by atoms with van der Waals surface area (Å²) in [6, 6.07) is 1.79. The van der Waals surface area contributed by atoms with Crippen molar-refractivity contribution in [1.29, 1.82) is 0 Å². The van der Waals surface area contributed by atoms with E-state index in [0.717, 1.165) is 28.5 Å². The fourth-order valence-electron chi connectivity index (χ4n) is 2.78. The number of hydrogen-bond donors (Lipinski definition) is 5. The summed E-state index contributed by atoms with van der Waals surface area (Å²) in [7, 11) is 0. The molecule has 13 nitrogen and oxygen atoms in total. The number of thiophene rings is 1. The third kappa shape index (κ3) is 4.07. The van der Waals surface area contributed by atoms with Gasteiger partial charge in [-0.1, -0.05) is 11.3 Å². The first-order valence-electron chi connectivity index (χ1n) is 8.28. The Morgan fingerprint density at radius 2 is 2.17 bits per heavy atom. The van der Waals surface area contributed by atoms with Gasteiger partial charge in [-0.2, -0.15) is 0 Å². The molecule has 1 aromatic rings. The van der Waals surface area contributed by atoms with Crippen molar-refractivity contribution in [2.75, 3.05) is 6.61 Å². The van der Waals surface area contributed by atoms with Crippen LogP contribution in [0, 0.1) is 10.1 Å². The number of nitro groups is 1. The molecule has 0 spiro atoms. The van der Waals surface area contributed by atoms with E-state index in [1.54, 1.807) is 0 Å². The predicted octanol–water partition coefficient (Wildman–Crippen LogP) is -1.67. The van der Waals surface area contributed by atoms with Gasteiger partial charge in [0.2, 0.25) is 5.66 Å². The summed E-state index contributed by atoms with van der Waals surface area (Å²) in [6.45, 7) is -0.847. The minimum Gasteiger partial charge on any atom is -0.457 e. The zero-order valence-corrected chi connectivity index (χ0v) is 15.5. The molecular weight excluding hydrogens is 412 g/mol. The van der Waals surface area contributed by atoms with E-state index in [1.165, 1.54) is 12.1 Å². The number of nitrogens with one attached hydrogen (secondary N) is 1. The summed E-state index contributed by atoms with van der Waals surface area (Å²) in [4.78, 5) is 36.1. The summed E-state index contributed by atoms with van der Waals surface area (Å²) in [5.74, 6) is -1.01. The van der Waals surface area contributed by atoms with Crippen LogP contribution >= 0.6 is 11.3 Å². The van der Waals surface area contributed by atoms with Crippen LogP contribution in [-0.4, -0.2) is 74.0 Å². The Balaban J connectivity index is 1.65. The highest BCUT2D eigenvalue weighted by Crippen LogP contribution is 2.27. The molecule has 0 aromatic carbocycles. The van der Waals surface area contributed by atoms with Crippen molar-refractivity contribution in [2.45, 2.75) is 36.8 Å². The zero-order chi connectivity index (χ0) is 21.3. The quantitative estimate of drug-likeness (QED) is 0.198. The van der Waals surface area contributed by atoms with E-state index in [2.05, 4.69) is 5.32 Å². The van der Waals surface area contributed by atoms with E-state index < -0.39 is 53.7 Å². The second-order valence-electron chi connectivity index (χ2n) is 6.32. The molecule has 1 saturated heterocycles. The first-order chi connectivity index (χ1) is 13.7. The monoisotopic (exact) mass is 430 g/mol. The standard InChI is InChI=1S/C15H18N4O9S/c16-15(13(23)27-6-7-1-2-9(29-7)19(25)26)3-4-18(14(24)17-15)12-11(22)10(21)8(5-20)28-12/h1-4,8,10-12,20-22H,5-6,16H2,(H,17,24)/t8-,10-,11-,12-,15?/m1/s1. The molecule has 158 valence electrons. The number of nitrogens with two attached hydrogens (primary N) is 1. The van der Waals surface area contributed by atoms with Crippen molar-refractivity contribution in [3.8, 4) is 0 Å². The van der Waals surface area contributed by atoms with E-state index in [4.69, 9.17) is 20.3 Å². The Hall–Kier alpha value is -2.62. The molecule has 1 fully saturated rings. The van der Waals surface area contributed by atoms with Crippen molar-refractivity contribution in [1.82, 2.24) is 10.2 Å². The van der Waals surface area contributed by atoms with Crippen molar-refractivity contribution < 1.29 is 39.3 Å². The first kappa shape index (κ1) is 21.1. The first-order valence-corrected chi connectivity index (χ1v) is 9.09. The lowest BCUT2D eigenvalue weighted by atomic mass is 10.1. The highest BCUT2D eigenvalue weighted by atomic mass is 32.1. The number of carbonyl (C=O) groups is 2. The van der Waals surface area contributed by atoms with E-state index in [1.807, 2.05) is 0 Å². The topological polar surface area (TPSA) is 198 Å². The number of esters is 1. The van der Waals surface area contributed by atoms with Crippen LogP contribution in [0.25, 0.3) is 0 Å². The van der Waals surface area contributed by atoms with Crippen LogP contribution in [0.5, 0.6) is 0 Å². The maximum absolute atomic E-state index is 12.4. The van der Waals surface area contributed by atoms with Gasteiger partial charge in [0.15, 0.2) is 6.23 Å². The molecule has 1 aromatic heterocycles. The number of hydrogen-bond acceptors (Lipinski definition) is 11. The van der Waals surface area contributed by atoms with Gasteiger partial charge in [-0.05, 0) is 12.1 Å². The van der Waals surface area contributed by atoms with Crippen LogP contribution in [0.1, 0.15) is 4.88 Å². The van der Waals surface area contributed by atoms with Gasteiger partial charge in [0.25, 0.3) is 0 Å². The molecule has 2 aliphatic heterocycles. The van der Waals surface area contributed by atoms with Crippen LogP contribution in [0.15, 0.2) is 24.4 Å². The van der Waals surface area contributed by atoms with Crippen molar-refractivity contribution in [2.24, 2.45) is 5.73 Å². The molecule has 2 amide bonds. The molecule has 2 aliphatic rings. The number of carbonyl (C=O) groups excluding carboxylic acids is 2. The number of amides is 2. The number of aliphatic hydroxyl groups excluding tert-OH is 3. The molecule has 3 heterocycles. The van der Waals surface area contributed by atoms with Crippen molar-refractivity contribution in [3.05, 3.63) is 39.4 Å². The van der Waals surface area contributed by atoms with Crippen LogP contribution < -0.4 is 11.1 Å². The minimum absolute atomic E-state index is 0.112. The smallest absolute Gasteiger partial charge is 0.351 e. The van der Waals surface area contributed by atoms with E-state index in [-0.39, 0.29) is 11.6 Å². The van der Waals surface area contributed by atoms with Gasteiger partial charge in [0, 0.05) is 17.1 Å². The SMILES string of the molecule is NC1(C(=O)OCc2ccc([N+](=O)[O-])s2)C=CN([C@@H]2O[C@H](CO)[C@@H](O)[C@H]2O)C(=O)N1. The average Bonchev–Trinajstić information content (AvgIpc) is 3.26. The zero-order valence-electron chi connectivity index (χ0n) is 14.7. The Morgan fingerprint density at radius 3 is 2.72 bits per heavy atom. The summed E-state index contributed by atoms with van der Waals surface area (Å²) in [6.07, 6.45) is -3.09. The number of rotatable bonds is 6. The van der Waals surface area contributed by atoms with E-state index >= 15 is 0 Å². The largest absolute Gasteiger partial charge is 0.457 e. The molecule has 5 atom stereocenters. The Bertz CT molecular complexity index is 846. The maximum Gasteiger partial charge on any atom is 0.351 e. The second-order valence-corrected chi connectivity index (χ2v) is 7.47. The highest BCUT2D eigenvalue weighted by molar-refractivity contribution is 7.15. The van der Waals surface area contributed by atoms with Crippen LogP contribution in [0.3, 0.4) is 0 Å². The van der Waals surface area contributed by atoms with Gasteiger partial charge in [-0.15, -0.1) is 0 Å². The predicted molar refractivity (Wildman–Crippen MR) is 95.0 cm³/mol. The highest BCUT2D eigenvalue weighted by Gasteiger charge is 2.49. The Labute approximate surface area is 167 Å². The van der Waals surface area contributed by atoms with Gasteiger partial charge >= 0.3 is 17.0 Å². The van der Waals surface area contributed by atoms with Gasteiger partial charge in [-0.25, -0.2) is 9.59 Å². The fraction of sp³-hybridized carbons (Fsp3) is 0.467. The maximum atomic E-state index is 12.4. The van der Waals surface area contributed by atoms with Gasteiger partial charge in [-0.3, -0.25) is 20.7 Å². The molecule has 0 aliphatic carbocycles. The molecule has 0 saturated carbocycles. The molecule has 0 radical (unpaired) electrons. The van der Waals surface area contributed by atoms with Crippen LogP contribution in [0.2, 0.25) is 0 Å². The van der Waals surface area contributed by atoms with Gasteiger partial charge < -0.3 is 30.1 Å². The minimum atomic E-state index is -2.02. The molecule has 29 heavy (non-hydrogen) atoms. The van der Waals surface area contributed by atoms with E-state index in [0.29, 0.717) is 4.88 Å². The summed E-state index contributed by atoms with van der Waals surface area (Å²) in [5, 5.41) is 41.7. The van der Waals surface area contributed by atoms with E-state index in [9.17, 15) is 29.9 Å². The Kier molecular flexibility index (Phi) is 5.83. The fourth-order valence-corrected chi connectivity index (χ4v) is 3.51. The van der Waals surface area contributed by atoms with Crippen molar-refractivity contribution >= 4 is 28.3 Å². The molecule has 14 heteroatoms. The lowest BCUT2D eigenvalue weighted by Gasteiger charge is -2.36. The Morgan fingerprint density at radius 1 is 1.45 bits per heavy atom. The number of urea groups is 1. The normalized spacial score (nSPS) is 31.6. The van der Waals surface area contributed by atoms with Crippen LogP contribution in [0.4, 0.5) is 9.80 Å². The molecule has 1 unspecified atom stereocenters. The molecule has 6 N–H and O–H groups in total. The number of aliphatic hydroxyl groups is 3. The van der Waals surface area contributed by atoms with Gasteiger partial charge in [0.1, 0.15) is 24.9 Å². The molecule has 0 bridgehead atoms. The number of ether oxygens (including phenoxy) is 2. The molecular formula is C15H18N4O9S. The summed E-state index contributed by atoms with van der Waals surface area (Å²) in [5.41, 5.74) is 3.85. The average molecular weight is 430 g/mol. The lowest BCUT2D eigenvalue weighted by molar-refractivity contribution is -0.380. The van der Waals surface area contributed by atoms with Crippen molar-refractivity contribution in [3.63, 3.8) is 0 Å². The summed E-state index contributed by atoms with van der Waals surface area (Å²) >= 11 is 0.830. The summed E-state index contributed by atoms with van der Waals surface area (Å²) < 4.78 is 10.3. The van der Waals surface area contributed by atoms with Crippen LogP contribution in [-0.2, 0) is 20.9 Å². The molecule has 3 rings (SSSR count). The van der Waals surface area contributed by atoms with Gasteiger partial charge in [0.05, 0.1) is 11.5 Å².